The van der Waals surface area contributed by atoms with Gasteiger partial charge in [-0.1, -0.05) is 203 Å². The molecule has 0 fully saturated rings. The first kappa shape index (κ1) is 58.3. The van der Waals surface area contributed by atoms with Gasteiger partial charge in [0.2, 0.25) is 0 Å². The van der Waals surface area contributed by atoms with E-state index in [0.717, 1.165) is 42.9 Å². The minimum absolute atomic E-state index is 0. The number of hydrogen-bond donors (Lipinski definition) is 2. The second-order valence-corrected chi connectivity index (χ2v) is 19.6. The molecule has 0 aliphatic carbocycles. The van der Waals surface area contributed by atoms with Crippen molar-refractivity contribution in [1.29, 1.82) is 0 Å². The molecule has 0 aromatic heterocycles. The van der Waals surface area contributed by atoms with Crippen LogP contribution in [0.3, 0.4) is 0 Å². The van der Waals surface area contributed by atoms with Gasteiger partial charge in [-0.3, -0.25) is 4.55 Å². The molecule has 4 rings (SSSR count). The van der Waals surface area contributed by atoms with Crippen molar-refractivity contribution in [2.45, 2.75) is 191 Å². The molecule has 10 nitrogen and oxygen atoms in total. The van der Waals surface area contributed by atoms with Crippen molar-refractivity contribution in [1.82, 2.24) is 0 Å². The van der Waals surface area contributed by atoms with Gasteiger partial charge >= 0.3 is 47.9 Å². The summed E-state index contributed by atoms with van der Waals surface area (Å²) in [6.07, 6.45) is 33.2. The molecule has 0 unspecified atom stereocenters. The maximum absolute atomic E-state index is 11.8. The Morgan fingerprint density at radius 1 is 0.477 bits per heavy atom. The maximum Gasteiger partial charge on any atom is 2.00 e. The van der Waals surface area contributed by atoms with Gasteiger partial charge in [-0.2, -0.15) is 8.42 Å². The van der Waals surface area contributed by atoms with Gasteiger partial charge in [0.15, 0.2) is 10.6 Å². The Kier molecular flexibility index (Phi) is 30.1. The first-order valence-corrected chi connectivity index (χ1v) is 26.8. The molecule has 0 saturated carbocycles. The fraction of sp³-hybridized carbons (Fsp3) is 0.538. The molecule has 0 spiro atoms. The molecule has 0 bridgehead atoms. The van der Waals surface area contributed by atoms with Gasteiger partial charge in [0.1, 0.15) is 33.1 Å². The van der Waals surface area contributed by atoms with Crippen molar-refractivity contribution < 1.29 is 45.6 Å². The third-order valence-electron chi connectivity index (χ3n) is 11.3. The van der Waals surface area contributed by atoms with E-state index in [1.165, 1.54) is 172 Å². The zero-order valence-electron chi connectivity index (χ0n) is 39.2. The SMILES string of the molecule is CCCCCCCCCCCCCCc1cccc(Oc2cccc(O)c2S(=O)(=O)O)c1.CCCCCCCCCCCCCCc1cccc(Oc2cccc([O-])c2S(=O)(=O)[O-])c1.[Ca+2]. The number of phenols is 1. The summed E-state index contributed by atoms with van der Waals surface area (Å²) in [4.78, 5) is -1.46. The summed E-state index contributed by atoms with van der Waals surface area (Å²) in [6.45, 7) is 4.50. The van der Waals surface area contributed by atoms with Gasteiger partial charge in [0.25, 0.3) is 0 Å². The summed E-state index contributed by atoms with van der Waals surface area (Å²) >= 11 is 0. The second-order valence-electron chi connectivity index (χ2n) is 16.9. The molecule has 356 valence electrons. The monoisotopic (exact) mass is 962 g/mol. The Balaban J connectivity index is 0.000000440. The van der Waals surface area contributed by atoms with Crippen LogP contribution in [0, 0.1) is 0 Å². The van der Waals surface area contributed by atoms with Crippen molar-refractivity contribution in [2.75, 3.05) is 0 Å². The number of aromatic hydroxyl groups is 1. The Morgan fingerprint density at radius 3 is 1.18 bits per heavy atom. The molecule has 4 aromatic carbocycles. The molecule has 65 heavy (non-hydrogen) atoms. The molecule has 0 aliphatic rings. The van der Waals surface area contributed by atoms with Crippen molar-refractivity contribution >= 4 is 58.0 Å². The first-order valence-electron chi connectivity index (χ1n) is 23.9. The predicted octanol–water partition coefficient (Wildman–Crippen LogP) is 14.0. The fourth-order valence-electron chi connectivity index (χ4n) is 7.79. The van der Waals surface area contributed by atoms with Gasteiger partial charge < -0.3 is 24.2 Å². The number of aryl methyl sites for hydroxylation is 2. The predicted molar refractivity (Wildman–Crippen MR) is 260 cm³/mol. The molecule has 0 aliphatic heterocycles. The normalized spacial score (nSPS) is 11.4. The molecule has 0 saturated heterocycles. The van der Waals surface area contributed by atoms with Crippen molar-refractivity contribution in [3.8, 4) is 34.5 Å². The van der Waals surface area contributed by atoms with E-state index in [1.54, 1.807) is 12.1 Å². The van der Waals surface area contributed by atoms with Crippen LogP contribution < -0.4 is 14.6 Å². The van der Waals surface area contributed by atoms with E-state index in [0.29, 0.717) is 11.5 Å². The molecular weight excluding hydrogens is 889 g/mol. The van der Waals surface area contributed by atoms with E-state index in [2.05, 4.69) is 13.8 Å². The molecule has 4 aromatic rings. The van der Waals surface area contributed by atoms with Crippen LogP contribution in [0.1, 0.15) is 179 Å². The molecule has 0 heterocycles. The Labute approximate surface area is 421 Å². The Hall–Kier alpha value is -2.84. The number of hydrogen-bond acceptors (Lipinski definition) is 9. The molecule has 0 amide bonds. The van der Waals surface area contributed by atoms with Crippen molar-refractivity contribution in [2.24, 2.45) is 0 Å². The maximum atomic E-state index is 11.8. The molecular formula is C52H74CaO10S2. The van der Waals surface area contributed by atoms with Crippen LogP contribution in [-0.4, -0.2) is 68.8 Å². The van der Waals surface area contributed by atoms with Crippen LogP contribution in [0.2, 0.25) is 0 Å². The van der Waals surface area contributed by atoms with E-state index in [9.17, 15) is 36.2 Å². The zero-order chi connectivity index (χ0) is 46.5. The summed E-state index contributed by atoms with van der Waals surface area (Å²) in [5.74, 6) is -0.846. The Bertz CT molecular complexity index is 1970. The average molecular weight is 963 g/mol. The van der Waals surface area contributed by atoms with Gasteiger partial charge in [-0.15, -0.1) is 0 Å². The van der Waals surface area contributed by atoms with E-state index in [-0.39, 0.29) is 49.2 Å². The van der Waals surface area contributed by atoms with Crippen LogP contribution in [-0.2, 0) is 33.1 Å². The second kappa shape index (κ2) is 33.6. The van der Waals surface area contributed by atoms with Crippen molar-refractivity contribution in [3.63, 3.8) is 0 Å². The number of phenolic OH excluding ortho intramolecular Hbond substituents is 1. The summed E-state index contributed by atoms with van der Waals surface area (Å²) in [5.41, 5.74) is 2.20. The van der Waals surface area contributed by atoms with Gasteiger partial charge in [0.05, 0.1) is 4.90 Å². The number of rotatable bonds is 32. The van der Waals surface area contributed by atoms with Gasteiger partial charge in [0, 0.05) is 0 Å². The van der Waals surface area contributed by atoms with Gasteiger partial charge in [-0.25, -0.2) is 8.42 Å². The summed E-state index contributed by atoms with van der Waals surface area (Å²) in [6, 6.07) is 22.6. The Morgan fingerprint density at radius 2 is 0.815 bits per heavy atom. The van der Waals surface area contributed by atoms with E-state index >= 15 is 0 Å². The number of benzene rings is 4. The minimum Gasteiger partial charge on any atom is -0.872 e. The van der Waals surface area contributed by atoms with E-state index in [4.69, 9.17) is 9.47 Å². The third-order valence-corrected chi connectivity index (χ3v) is 13.1. The van der Waals surface area contributed by atoms with E-state index < -0.39 is 41.5 Å². The first-order chi connectivity index (χ1) is 30.8. The van der Waals surface area contributed by atoms with Crippen LogP contribution >= 0.6 is 0 Å². The topological polar surface area (TPSA) is 173 Å². The number of unbranched alkanes of at least 4 members (excludes halogenated alkanes) is 22. The smallest absolute Gasteiger partial charge is 0.872 e. The van der Waals surface area contributed by atoms with Crippen LogP contribution in [0.5, 0.6) is 34.5 Å². The minimum atomic E-state index is -4.92. The van der Waals surface area contributed by atoms with Crippen LogP contribution in [0.25, 0.3) is 0 Å². The fourth-order valence-corrected chi connectivity index (χ4v) is 9.16. The molecule has 13 heteroatoms. The van der Waals surface area contributed by atoms with Gasteiger partial charge in [-0.05, 0) is 79.3 Å². The molecule has 2 N–H and O–H groups in total. The zero-order valence-corrected chi connectivity index (χ0v) is 43.0. The standard InChI is InChI=1S/2C26H38O5S.Ca/c2*1-2-3-4-5-6-7-8-9-10-11-12-13-16-22-17-14-18-23(21-22)31-25-20-15-19-24(27)26(25)32(28,29)30;/h2*14-15,17-21,27H,2-13,16H2,1H3,(H,28,29,30);/q;;+2/p-2. The molecule has 0 atom stereocenters. The quantitative estimate of drug-likeness (QED) is 0.0272. The summed E-state index contributed by atoms with van der Waals surface area (Å²) < 4.78 is 78.1. The van der Waals surface area contributed by atoms with Crippen LogP contribution in [0.15, 0.2) is 94.7 Å². The summed E-state index contributed by atoms with van der Waals surface area (Å²) in [7, 11) is -9.52. The van der Waals surface area contributed by atoms with Crippen LogP contribution in [0.4, 0.5) is 0 Å². The largest absolute Gasteiger partial charge is 2.00 e. The molecule has 0 radical (unpaired) electrons. The summed E-state index contributed by atoms with van der Waals surface area (Å²) in [5, 5.41) is 21.6. The number of ether oxygens (including phenoxy) is 2. The van der Waals surface area contributed by atoms with Crippen molar-refractivity contribution in [3.05, 3.63) is 96.1 Å². The van der Waals surface area contributed by atoms with E-state index in [1.807, 2.05) is 36.4 Å². The average Bonchev–Trinajstić information content (AvgIpc) is 3.24. The third kappa shape index (κ3) is 24.7.